The highest BCUT2D eigenvalue weighted by atomic mass is 19.4. The van der Waals surface area contributed by atoms with Gasteiger partial charge in [0, 0.05) is 11.8 Å². The minimum absolute atomic E-state index is 0.108. The second-order valence-electron chi connectivity index (χ2n) is 6.32. The van der Waals surface area contributed by atoms with Crippen molar-refractivity contribution in [3.63, 3.8) is 0 Å². The topological polar surface area (TPSA) is 85.3 Å². The van der Waals surface area contributed by atoms with Crippen molar-refractivity contribution in [3.8, 4) is 11.5 Å². The van der Waals surface area contributed by atoms with Crippen molar-refractivity contribution in [3.05, 3.63) is 36.0 Å². The first kappa shape index (κ1) is 18.9. The molecule has 0 saturated heterocycles. The fourth-order valence-corrected chi connectivity index (χ4v) is 2.71. The van der Waals surface area contributed by atoms with Crippen LogP contribution in [0.25, 0.3) is 17.1 Å². The van der Waals surface area contributed by atoms with E-state index in [1.807, 2.05) is 24.3 Å². The van der Waals surface area contributed by atoms with Crippen LogP contribution < -0.4 is 5.32 Å². The van der Waals surface area contributed by atoms with Crippen LogP contribution in [0.4, 0.5) is 13.2 Å². The first-order valence-electron chi connectivity index (χ1n) is 8.30. The lowest BCUT2D eigenvalue weighted by atomic mass is 10.2. The van der Waals surface area contributed by atoms with Gasteiger partial charge in [0.15, 0.2) is 11.4 Å². The van der Waals surface area contributed by atoms with E-state index in [1.165, 1.54) is 0 Å². The Morgan fingerprint density at radius 3 is 2.67 bits per heavy atom. The summed E-state index contributed by atoms with van der Waals surface area (Å²) in [5.41, 5.74) is 3.61. The number of nitrogens with zero attached hydrogens (tertiary/aromatic N) is 4. The van der Waals surface area contributed by atoms with Crippen molar-refractivity contribution in [2.45, 2.75) is 38.9 Å². The number of fused-ring (bicyclic) bond motifs is 1. The van der Waals surface area contributed by atoms with Crippen molar-refractivity contribution >= 4 is 12.1 Å². The predicted octanol–water partition coefficient (Wildman–Crippen LogP) is 3.07. The van der Waals surface area contributed by atoms with Gasteiger partial charge < -0.3 is 9.84 Å². The Balaban J connectivity index is 0.000000168. The van der Waals surface area contributed by atoms with Gasteiger partial charge in [0.05, 0.1) is 11.9 Å². The summed E-state index contributed by atoms with van der Waals surface area (Å²) in [6, 6.07) is 2.12. The van der Waals surface area contributed by atoms with Gasteiger partial charge in [-0.25, -0.2) is 9.97 Å². The molecule has 144 valence electrons. The molecule has 1 unspecified atom stereocenters. The van der Waals surface area contributed by atoms with Gasteiger partial charge in [-0.1, -0.05) is 5.16 Å². The molecule has 4 rings (SSSR count). The SMILES string of the molecule is Cc1ncn2c(C)cc(-c3ccno3)nc12.O=CNC(C1CC1)C(F)(F)F. The molecule has 1 aliphatic carbocycles. The third kappa shape index (κ3) is 4.26. The molecule has 7 nitrogen and oxygen atoms in total. The van der Waals surface area contributed by atoms with E-state index in [2.05, 4.69) is 15.1 Å². The molecular weight excluding hydrogens is 363 g/mol. The molecule has 0 bridgehead atoms. The molecule has 0 radical (unpaired) electrons. The molecule has 1 N–H and O–H groups in total. The van der Waals surface area contributed by atoms with E-state index < -0.39 is 12.2 Å². The average molecular weight is 381 g/mol. The molecule has 0 aromatic carbocycles. The van der Waals surface area contributed by atoms with Crippen molar-refractivity contribution in [1.82, 2.24) is 24.8 Å². The van der Waals surface area contributed by atoms with Crippen molar-refractivity contribution in [2.24, 2.45) is 5.92 Å². The van der Waals surface area contributed by atoms with E-state index in [0.29, 0.717) is 18.6 Å². The summed E-state index contributed by atoms with van der Waals surface area (Å²) in [5, 5.41) is 5.46. The van der Waals surface area contributed by atoms with Crippen LogP contribution >= 0.6 is 0 Å². The van der Waals surface area contributed by atoms with Crippen LogP contribution in [-0.2, 0) is 4.79 Å². The number of carbonyl (C=O) groups is 1. The van der Waals surface area contributed by atoms with Gasteiger partial charge in [0.25, 0.3) is 0 Å². The largest absolute Gasteiger partial charge is 0.408 e. The predicted molar refractivity (Wildman–Crippen MR) is 89.7 cm³/mol. The van der Waals surface area contributed by atoms with Gasteiger partial charge in [-0.05, 0) is 38.7 Å². The highest BCUT2D eigenvalue weighted by Crippen LogP contribution is 2.39. The van der Waals surface area contributed by atoms with E-state index in [4.69, 9.17) is 4.52 Å². The summed E-state index contributed by atoms with van der Waals surface area (Å²) < 4.78 is 43.0. The number of carbonyl (C=O) groups excluding carboxylic acids is 1. The second kappa shape index (κ2) is 7.37. The van der Waals surface area contributed by atoms with Gasteiger partial charge in [0.2, 0.25) is 6.41 Å². The molecule has 3 heterocycles. The smallest absolute Gasteiger partial charge is 0.355 e. The van der Waals surface area contributed by atoms with Crippen LogP contribution in [0.15, 0.2) is 29.2 Å². The lowest BCUT2D eigenvalue weighted by Gasteiger charge is -2.18. The normalized spacial score (nSPS) is 15.1. The molecule has 1 saturated carbocycles. The van der Waals surface area contributed by atoms with E-state index in [-0.39, 0.29) is 12.3 Å². The number of imidazole rings is 1. The molecule has 27 heavy (non-hydrogen) atoms. The Morgan fingerprint density at radius 1 is 1.37 bits per heavy atom. The number of aromatic nitrogens is 4. The van der Waals surface area contributed by atoms with Crippen LogP contribution in [0.1, 0.15) is 24.2 Å². The van der Waals surface area contributed by atoms with Crippen LogP contribution in [-0.4, -0.2) is 38.2 Å². The molecule has 1 aliphatic rings. The fourth-order valence-electron chi connectivity index (χ4n) is 2.71. The maximum Gasteiger partial charge on any atom is 0.408 e. The van der Waals surface area contributed by atoms with Crippen LogP contribution in [0, 0.1) is 19.8 Å². The molecule has 0 spiro atoms. The minimum atomic E-state index is -4.29. The van der Waals surface area contributed by atoms with E-state index in [9.17, 15) is 18.0 Å². The zero-order valence-electron chi connectivity index (χ0n) is 14.7. The number of amides is 1. The molecule has 1 atom stereocenters. The molecular formula is C17H18F3N5O2. The lowest BCUT2D eigenvalue weighted by molar-refractivity contribution is -0.162. The first-order chi connectivity index (χ1) is 12.8. The highest BCUT2D eigenvalue weighted by Gasteiger charge is 2.48. The summed E-state index contributed by atoms with van der Waals surface area (Å²) in [6.07, 6.45) is 0.325. The number of alkyl halides is 3. The fraction of sp³-hybridized carbons (Fsp3) is 0.412. The van der Waals surface area contributed by atoms with Crippen LogP contribution in [0.5, 0.6) is 0 Å². The summed E-state index contributed by atoms with van der Waals surface area (Å²) in [7, 11) is 0. The van der Waals surface area contributed by atoms with Gasteiger partial charge in [-0.15, -0.1) is 0 Å². The Bertz CT molecular complexity index is 917. The van der Waals surface area contributed by atoms with Crippen molar-refractivity contribution in [2.75, 3.05) is 0 Å². The molecule has 3 aromatic heterocycles. The minimum Gasteiger partial charge on any atom is -0.355 e. The Kier molecular flexibility index (Phi) is 5.15. The third-order valence-corrected chi connectivity index (χ3v) is 4.25. The third-order valence-electron chi connectivity index (χ3n) is 4.25. The van der Waals surface area contributed by atoms with E-state index >= 15 is 0 Å². The van der Waals surface area contributed by atoms with Crippen molar-refractivity contribution < 1.29 is 22.5 Å². The molecule has 1 amide bonds. The zero-order chi connectivity index (χ0) is 19.6. The van der Waals surface area contributed by atoms with Gasteiger partial charge >= 0.3 is 6.18 Å². The summed E-state index contributed by atoms with van der Waals surface area (Å²) in [6.45, 7) is 3.95. The van der Waals surface area contributed by atoms with E-state index in [1.54, 1.807) is 23.9 Å². The molecule has 0 aliphatic heterocycles. The van der Waals surface area contributed by atoms with Gasteiger partial charge in [-0.2, -0.15) is 13.2 Å². The monoisotopic (exact) mass is 381 g/mol. The summed E-state index contributed by atoms with van der Waals surface area (Å²) in [4.78, 5) is 18.5. The standard InChI is InChI=1S/C11H10N4O.C6H8F3NO/c1-7-5-9(10-3-4-13-16-10)14-11-8(2)12-6-15(7)11;7-6(8,9)5(10-3-11)4-1-2-4/h3-6H,1-2H3;3-5H,1-2H2,(H,10,11). The second-order valence-corrected chi connectivity index (χ2v) is 6.32. The highest BCUT2D eigenvalue weighted by molar-refractivity contribution is 5.58. The first-order valence-corrected chi connectivity index (χ1v) is 8.30. The summed E-state index contributed by atoms with van der Waals surface area (Å²) in [5.74, 6) is 0.284. The molecule has 1 fully saturated rings. The lowest BCUT2D eigenvalue weighted by Crippen LogP contribution is -2.43. The number of nitrogens with one attached hydrogen (secondary N) is 1. The Morgan fingerprint density at radius 2 is 2.11 bits per heavy atom. The quantitative estimate of drug-likeness (QED) is 0.702. The zero-order valence-corrected chi connectivity index (χ0v) is 14.7. The van der Waals surface area contributed by atoms with E-state index in [0.717, 1.165) is 22.7 Å². The summed E-state index contributed by atoms with van der Waals surface area (Å²) >= 11 is 0. The van der Waals surface area contributed by atoms with Gasteiger partial charge in [0.1, 0.15) is 18.1 Å². The Hall–Kier alpha value is -2.91. The van der Waals surface area contributed by atoms with Crippen LogP contribution in [0.2, 0.25) is 0 Å². The Labute approximate surface area is 152 Å². The maximum absolute atomic E-state index is 12.0. The van der Waals surface area contributed by atoms with Crippen molar-refractivity contribution in [1.29, 1.82) is 0 Å². The number of hydrogen-bond donors (Lipinski definition) is 1. The number of rotatable bonds is 4. The number of halogens is 3. The molecule has 3 aromatic rings. The maximum atomic E-state index is 12.0. The number of hydrogen-bond acceptors (Lipinski definition) is 5. The van der Waals surface area contributed by atoms with Crippen LogP contribution in [0.3, 0.4) is 0 Å². The van der Waals surface area contributed by atoms with Gasteiger partial charge in [-0.3, -0.25) is 9.20 Å². The number of aryl methyl sites for hydroxylation is 2. The average Bonchev–Trinajstić information content (AvgIpc) is 3.13. The molecule has 10 heteroatoms.